The second kappa shape index (κ2) is 14.3. The number of rotatable bonds is 15. The van der Waals surface area contributed by atoms with E-state index in [0.29, 0.717) is 36.0 Å². The lowest BCUT2D eigenvalue weighted by molar-refractivity contribution is -0.137. The molecule has 9 heteroatoms. The highest BCUT2D eigenvalue weighted by Crippen LogP contribution is 2.34. The van der Waals surface area contributed by atoms with E-state index in [1.54, 1.807) is 30.6 Å². The van der Waals surface area contributed by atoms with Gasteiger partial charge in [-0.2, -0.15) is 5.26 Å². The molecule has 0 unspecified atom stereocenters. The molecule has 1 aromatic heterocycles. The molecule has 0 saturated carbocycles. The van der Waals surface area contributed by atoms with E-state index in [-0.39, 0.29) is 19.6 Å². The van der Waals surface area contributed by atoms with Crippen molar-refractivity contribution in [3.05, 3.63) is 83.2 Å². The molecule has 0 radical (unpaired) electrons. The number of nitriles is 1. The average molecular weight is 549 g/mol. The van der Waals surface area contributed by atoms with Gasteiger partial charge in [-0.1, -0.05) is 31.8 Å². The third-order valence-electron chi connectivity index (χ3n) is 5.99. The highest BCUT2D eigenvalue weighted by Gasteiger charge is 2.21. The first-order valence-electron chi connectivity index (χ1n) is 12.9. The molecule has 206 valence electrons. The average Bonchev–Trinajstić information content (AvgIpc) is 2.90. The summed E-state index contributed by atoms with van der Waals surface area (Å²) in [5, 5.41) is 19.1. The maximum Gasteiger partial charge on any atom is 0.303 e. The molecule has 8 nitrogen and oxygen atoms in total. The van der Waals surface area contributed by atoms with E-state index in [1.807, 2.05) is 37.3 Å². The van der Waals surface area contributed by atoms with Crippen molar-refractivity contribution in [1.29, 1.82) is 5.26 Å². The molecule has 0 bridgehead atoms. The largest absolute Gasteiger partial charge is 0.489 e. The predicted octanol–water partition coefficient (Wildman–Crippen LogP) is 6.52. The normalized spacial score (nSPS) is 11.9. The standard InChI is InChI=1S/C30H36N2O6Si/c1-22-7-9-25(37-21-35-14-15-39(2,3)4)16-27(22)28(11-12-30(33)34)38-29-17-26(10-8-24(29)18-31)36-20-23-6-5-13-32-19-23/h5-10,13,16-17,19,28H,11-12,14-15,20-21H2,1-4H3,(H,33,34)/t28-/m0/s1. The Hall–Kier alpha value is -3.87. The number of hydrogen-bond donors (Lipinski definition) is 1. The molecule has 3 aromatic rings. The van der Waals surface area contributed by atoms with Gasteiger partial charge < -0.3 is 24.1 Å². The molecule has 0 aliphatic heterocycles. The van der Waals surface area contributed by atoms with Crippen molar-refractivity contribution in [3.63, 3.8) is 0 Å². The number of benzene rings is 2. The first kappa shape index (κ1) is 29.7. The number of nitrogens with zero attached hydrogens (tertiary/aromatic N) is 2. The molecule has 1 atom stereocenters. The van der Waals surface area contributed by atoms with Gasteiger partial charge in [0.25, 0.3) is 0 Å². The van der Waals surface area contributed by atoms with Crippen LogP contribution in [0.5, 0.6) is 17.2 Å². The number of aryl methyl sites for hydroxylation is 1. The second-order valence-electron chi connectivity index (χ2n) is 10.5. The fraction of sp³-hybridized carbons (Fsp3) is 0.367. The molecule has 0 fully saturated rings. The topological polar surface area (TPSA) is 111 Å². The molecule has 1 heterocycles. The van der Waals surface area contributed by atoms with Crippen LogP contribution in [0.15, 0.2) is 60.9 Å². The second-order valence-corrected chi connectivity index (χ2v) is 16.1. The van der Waals surface area contributed by atoms with Gasteiger partial charge in [0.1, 0.15) is 36.0 Å². The number of carboxylic acids is 1. The van der Waals surface area contributed by atoms with E-state index in [4.69, 9.17) is 18.9 Å². The Morgan fingerprint density at radius 2 is 1.87 bits per heavy atom. The lowest BCUT2D eigenvalue weighted by Gasteiger charge is -2.23. The van der Waals surface area contributed by atoms with E-state index < -0.39 is 20.1 Å². The van der Waals surface area contributed by atoms with Crippen LogP contribution >= 0.6 is 0 Å². The van der Waals surface area contributed by atoms with Gasteiger partial charge in [0.05, 0.1) is 5.56 Å². The number of ether oxygens (including phenoxy) is 4. The first-order chi connectivity index (χ1) is 18.6. The van der Waals surface area contributed by atoms with Crippen molar-refractivity contribution in [2.45, 2.75) is 58.2 Å². The van der Waals surface area contributed by atoms with Crippen LogP contribution in [0.25, 0.3) is 0 Å². The summed E-state index contributed by atoms with van der Waals surface area (Å²) in [5.41, 5.74) is 2.92. The molecule has 39 heavy (non-hydrogen) atoms. The fourth-order valence-electron chi connectivity index (χ4n) is 3.72. The monoisotopic (exact) mass is 548 g/mol. The zero-order valence-electron chi connectivity index (χ0n) is 23.0. The van der Waals surface area contributed by atoms with E-state index in [9.17, 15) is 15.2 Å². The molecule has 1 N–H and O–H groups in total. The molecule has 0 spiro atoms. The minimum Gasteiger partial charge on any atom is -0.489 e. The lowest BCUT2D eigenvalue weighted by Crippen LogP contribution is -2.22. The SMILES string of the molecule is Cc1ccc(OCOCC[Si](C)(C)C)cc1[C@H](CCC(=O)O)Oc1cc(OCc2cccnc2)ccc1C#N. The lowest BCUT2D eigenvalue weighted by atomic mass is 9.99. The van der Waals surface area contributed by atoms with Crippen LogP contribution < -0.4 is 14.2 Å². The number of hydrogen-bond acceptors (Lipinski definition) is 7. The summed E-state index contributed by atoms with van der Waals surface area (Å²) in [6.07, 6.45) is 2.89. The van der Waals surface area contributed by atoms with Crippen LogP contribution in [-0.4, -0.2) is 37.5 Å². The van der Waals surface area contributed by atoms with Crippen LogP contribution in [0.2, 0.25) is 25.7 Å². The molecule has 0 saturated heterocycles. The number of carbonyl (C=O) groups is 1. The molecule has 3 rings (SSSR count). The minimum absolute atomic E-state index is 0.103. The van der Waals surface area contributed by atoms with Crippen LogP contribution in [0.1, 0.15) is 41.2 Å². The van der Waals surface area contributed by atoms with Gasteiger partial charge in [0, 0.05) is 45.1 Å². The van der Waals surface area contributed by atoms with Gasteiger partial charge in [-0.3, -0.25) is 9.78 Å². The Labute approximate surface area is 231 Å². The van der Waals surface area contributed by atoms with Gasteiger partial charge >= 0.3 is 5.97 Å². The van der Waals surface area contributed by atoms with Crippen LogP contribution in [0, 0.1) is 18.3 Å². The highest BCUT2D eigenvalue weighted by atomic mass is 28.3. The van der Waals surface area contributed by atoms with Crippen molar-refractivity contribution in [2.24, 2.45) is 0 Å². The number of aliphatic carboxylic acids is 1. The maximum absolute atomic E-state index is 11.4. The Balaban J connectivity index is 1.78. The van der Waals surface area contributed by atoms with Crippen LogP contribution in [-0.2, 0) is 16.1 Å². The Kier molecular flexibility index (Phi) is 10.9. The highest BCUT2D eigenvalue weighted by molar-refractivity contribution is 6.76. The maximum atomic E-state index is 11.4. The van der Waals surface area contributed by atoms with Crippen molar-refractivity contribution in [3.8, 4) is 23.3 Å². The van der Waals surface area contributed by atoms with E-state index >= 15 is 0 Å². The third kappa shape index (κ3) is 10.1. The molecule has 0 amide bonds. The number of pyridine rings is 1. The molecule has 0 aliphatic carbocycles. The van der Waals surface area contributed by atoms with Gasteiger partial charge in [-0.25, -0.2) is 0 Å². The molecule has 2 aromatic carbocycles. The quantitative estimate of drug-likeness (QED) is 0.130. The summed E-state index contributed by atoms with van der Waals surface area (Å²) in [4.78, 5) is 15.5. The third-order valence-corrected chi connectivity index (χ3v) is 7.70. The first-order valence-corrected chi connectivity index (χ1v) is 16.6. The molecule has 0 aliphatic rings. The zero-order chi connectivity index (χ0) is 28.3. The summed E-state index contributed by atoms with van der Waals surface area (Å²) in [6.45, 7) is 9.89. The van der Waals surface area contributed by atoms with Crippen molar-refractivity contribution in [1.82, 2.24) is 4.98 Å². The van der Waals surface area contributed by atoms with E-state index in [0.717, 1.165) is 22.7 Å². The molecular weight excluding hydrogens is 512 g/mol. The predicted molar refractivity (Wildman–Crippen MR) is 151 cm³/mol. The Morgan fingerprint density at radius 1 is 1.10 bits per heavy atom. The number of aromatic nitrogens is 1. The van der Waals surface area contributed by atoms with Crippen molar-refractivity contribution in [2.75, 3.05) is 13.4 Å². The van der Waals surface area contributed by atoms with Crippen molar-refractivity contribution < 1.29 is 28.8 Å². The summed E-state index contributed by atoms with van der Waals surface area (Å²) in [7, 11) is -1.19. The van der Waals surface area contributed by atoms with Crippen molar-refractivity contribution >= 4 is 14.0 Å². The summed E-state index contributed by atoms with van der Waals surface area (Å²) in [6, 6.07) is 17.5. The number of carboxylic acid groups (broad SMARTS) is 1. The smallest absolute Gasteiger partial charge is 0.303 e. The van der Waals surface area contributed by atoms with Crippen LogP contribution in [0.4, 0.5) is 0 Å². The van der Waals surface area contributed by atoms with Gasteiger partial charge in [-0.15, -0.1) is 0 Å². The van der Waals surface area contributed by atoms with Gasteiger partial charge in [-0.05, 0) is 60.8 Å². The fourth-order valence-corrected chi connectivity index (χ4v) is 4.48. The summed E-state index contributed by atoms with van der Waals surface area (Å²) in [5.74, 6) is 0.506. The zero-order valence-corrected chi connectivity index (χ0v) is 24.0. The minimum atomic E-state index is -1.19. The Bertz CT molecular complexity index is 1270. The van der Waals surface area contributed by atoms with Gasteiger partial charge in [0.15, 0.2) is 6.79 Å². The van der Waals surface area contributed by atoms with E-state index in [1.165, 1.54) is 0 Å². The Morgan fingerprint density at radius 3 is 2.56 bits per heavy atom. The van der Waals surface area contributed by atoms with E-state index in [2.05, 4.69) is 30.7 Å². The summed E-state index contributed by atoms with van der Waals surface area (Å²) >= 11 is 0. The van der Waals surface area contributed by atoms with Crippen LogP contribution in [0.3, 0.4) is 0 Å². The molecular formula is C30H36N2O6Si. The summed E-state index contributed by atoms with van der Waals surface area (Å²) < 4.78 is 23.7. The van der Waals surface area contributed by atoms with Gasteiger partial charge in [0.2, 0.25) is 0 Å².